The van der Waals surface area contributed by atoms with E-state index in [1.807, 2.05) is 34.6 Å². The van der Waals surface area contributed by atoms with Gasteiger partial charge in [-0.05, 0) is 64.4 Å². The van der Waals surface area contributed by atoms with Crippen LogP contribution >= 0.6 is 0 Å². The van der Waals surface area contributed by atoms with Crippen LogP contribution < -0.4 is 21.1 Å². The van der Waals surface area contributed by atoms with E-state index in [2.05, 4.69) is 31.5 Å². The molecule has 1 aliphatic rings. The summed E-state index contributed by atoms with van der Waals surface area (Å²) in [6, 6.07) is 11.9. The van der Waals surface area contributed by atoms with Crippen molar-refractivity contribution < 1.29 is 28.2 Å². The third kappa shape index (κ3) is 9.97. The van der Waals surface area contributed by atoms with Crippen LogP contribution in [0.25, 0.3) is 11.0 Å². The van der Waals surface area contributed by atoms with Gasteiger partial charge in [0.25, 0.3) is 5.56 Å². The second-order valence-corrected chi connectivity index (χ2v) is 13.1. The quantitative estimate of drug-likeness (QED) is 0.258. The molecule has 4 rings (SSSR count). The number of nitrogens with one attached hydrogen (secondary N) is 2. The van der Waals surface area contributed by atoms with Crippen LogP contribution in [0.2, 0.25) is 0 Å². The van der Waals surface area contributed by atoms with Gasteiger partial charge in [-0.2, -0.15) is 5.26 Å². The molecule has 0 aliphatic carbocycles. The van der Waals surface area contributed by atoms with E-state index in [9.17, 15) is 24.0 Å². The molecule has 2 amide bonds. The molecule has 1 unspecified atom stereocenters. The van der Waals surface area contributed by atoms with Gasteiger partial charge < -0.3 is 34.3 Å². The number of pyridine rings is 2. The number of amides is 2. The van der Waals surface area contributed by atoms with E-state index >= 15 is 0 Å². The Balaban J connectivity index is 1.36. The highest BCUT2D eigenvalue weighted by molar-refractivity contribution is 5.89. The van der Waals surface area contributed by atoms with Gasteiger partial charge in [-0.1, -0.05) is 12.1 Å². The average Bonchev–Trinajstić information content (AvgIpc) is 3.05. The molecule has 0 radical (unpaired) electrons. The zero-order chi connectivity index (χ0) is 35.7. The Morgan fingerprint density at radius 1 is 1.02 bits per heavy atom. The number of rotatable bonds is 13. The van der Waals surface area contributed by atoms with Crippen LogP contribution in [0.1, 0.15) is 51.9 Å². The highest BCUT2D eigenvalue weighted by Gasteiger charge is 2.38. The van der Waals surface area contributed by atoms with Crippen molar-refractivity contribution in [2.45, 2.75) is 58.3 Å². The average molecular weight is 680 g/mol. The molecular formula is C35H46FN7O6. The number of alkyl carbamates (subject to hydrolysis) is 1. The fourth-order valence-electron chi connectivity index (χ4n) is 5.78. The Labute approximate surface area is 285 Å². The smallest absolute Gasteiger partial charge is 0.407 e. The Bertz CT molecular complexity index is 1700. The zero-order valence-electron chi connectivity index (χ0n) is 29.0. The van der Waals surface area contributed by atoms with Crippen LogP contribution in [0.4, 0.5) is 14.9 Å². The number of fused-ring (bicyclic) bond motifs is 1. The first-order valence-electron chi connectivity index (χ1n) is 16.4. The summed E-state index contributed by atoms with van der Waals surface area (Å²) >= 11 is 0. The number of halogens is 1. The van der Waals surface area contributed by atoms with E-state index < -0.39 is 18.0 Å². The Morgan fingerprint density at radius 2 is 1.69 bits per heavy atom. The van der Waals surface area contributed by atoms with Crippen LogP contribution in [0.3, 0.4) is 0 Å². The summed E-state index contributed by atoms with van der Waals surface area (Å²) in [5, 5.41) is 15.1. The van der Waals surface area contributed by atoms with Crippen molar-refractivity contribution in [1.82, 2.24) is 25.1 Å². The minimum Gasteiger partial charge on any atom is -0.447 e. The van der Waals surface area contributed by atoms with Gasteiger partial charge in [0.15, 0.2) is 0 Å². The largest absolute Gasteiger partial charge is 0.447 e. The van der Waals surface area contributed by atoms with Crippen LogP contribution in [0, 0.1) is 17.1 Å². The van der Waals surface area contributed by atoms with Gasteiger partial charge in [0.1, 0.15) is 35.7 Å². The molecule has 0 spiro atoms. The molecule has 1 aliphatic heterocycles. The molecule has 1 saturated heterocycles. The van der Waals surface area contributed by atoms with E-state index in [1.54, 1.807) is 37.4 Å². The Kier molecular flexibility index (Phi) is 12.7. The lowest BCUT2D eigenvalue weighted by Crippen LogP contribution is -2.59. The summed E-state index contributed by atoms with van der Waals surface area (Å²) in [5.74, 6) is -0.643. The van der Waals surface area contributed by atoms with Gasteiger partial charge in [0.05, 0.1) is 37.6 Å². The lowest BCUT2D eigenvalue weighted by atomic mass is 9.98. The maximum Gasteiger partial charge on any atom is 0.407 e. The number of nitrogens with zero attached hydrogens (tertiary/aromatic N) is 5. The molecule has 0 bridgehead atoms. The Morgan fingerprint density at radius 3 is 2.37 bits per heavy atom. The minimum absolute atomic E-state index is 0.118. The summed E-state index contributed by atoms with van der Waals surface area (Å²) < 4.78 is 31.5. The number of ether oxygens (including phenoxy) is 3. The first kappa shape index (κ1) is 37.2. The first-order valence-corrected chi connectivity index (χ1v) is 16.4. The Hall–Kier alpha value is -4.58. The number of piperazine rings is 1. The van der Waals surface area contributed by atoms with Gasteiger partial charge >= 0.3 is 6.09 Å². The number of nitriles is 1. The molecule has 1 fully saturated rings. The molecule has 1 aromatic carbocycles. The van der Waals surface area contributed by atoms with Crippen LogP contribution in [0.15, 0.2) is 47.3 Å². The summed E-state index contributed by atoms with van der Waals surface area (Å²) in [5.41, 5.74) is 2.15. The number of carbonyl (C=O) groups is 2. The fraction of sp³-hybridized carbons (Fsp3) is 0.514. The van der Waals surface area contributed by atoms with Gasteiger partial charge in [0, 0.05) is 50.4 Å². The highest BCUT2D eigenvalue weighted by atomic mass is 19.1. The second kappa shape index (κ2) is 16.7. The molecule has 0 saturated carbocycles. The SMILES string of the molecule is C[C@@H]1CN(c2cc(=O)n(C)c3ccc(C#N)nc23)[C@@H](C)CN1C(C(=O)NCCOCCOCCOC(=O)NC(C)(C)C)c1ccc(F)cc1. The van der Waals surface area contributed by atoms with Gasteiger partial charge in [-0.3, -0.25) is 14.5 Å². The fourth-order valence-corrected chi connectivity index (χ4v) is 5.78. The van der Waals surface area contributed by atoms with E-state index in [0.717, 1.165) is 0 Å². The van der Waals surface area contributed by atoms with Gasteiger partial charge in [-0.25, -0.2) is 14.2 Å². The number of benzene rings is 1. The first-order chi connectivity index (χ1) is 23.3. The predicted octanol–water partition coefficient (Wildman–Crippen LogP) is 3.26. The summed E-state index contributed by atoms with van der Waals surface area (Å²) in [6.45, 7) is 12.0. The standard InChI is InChI=1S/C35H46FN7O6/c1-23-22-43(24(2)21-42(23)29-19-30(44)41(6)28-12-11-27(20-37)39-31(28)29)32(25-7-9-26(36)10-8-25)33(45)38-13-14-47-15-16-48-17-18-49-34(46)40-35(3,4)5/h7-12,19,23-24,32H,13-18,21-22H2,1-6H3,(H,38,45)(H,40,46)/t23-,24+,32?/m0/s1. The molecule has 3 aromatic rings. The van der Waals surface area contributed by atoms with Crippen LogP contribution in [-0.4, -0.2) is 96.7 Å². The zero-order valence-corrected chi connectivity index (χ0v) is 29.0. The van der Waals surface area contributed by atoms with Crippen molar-refractivity contribution in [3.63, 3.8) is 0 Å². The number of hydrogen-bond donors (Lipinski definition) is 2. The van der Waals surface area contributed by atoms with Crippen molar-refractivity contribution >= 4 is 28.7 Å². The van der Waals surface area contributed by atoms with Crippen molar-refractivity contribution in [2.24, 2.45) is 7.05 Å². The molecule has 2 aromatic heterocycles. The van der Waals surface area contributed by atoms with Gasteiger partial charge in [-0.15, -0.1) is 0 Å². The number of anilines is 1. The maximum absolute atomic E-state index is 13.9. The van der Waals surface area contributed by atoms with Crippen molar-refractivity contribution in [3.05, 3.63) is 69.9 Å². The minimum atomic E-state index is -0.706. The summed E-state index contributed by atoms with van der Waals surface area (Å²) in [6.07, 6.45) is -0.503. The van der Waals surface area contributed by atoms with E-state index in [4.69, 9.17) is 14.2 Å². The molecule has 14 heteroatoms. The molecule has 13 nitrogen and oxygen atoms in total. The molecule has 3 heterocycles. The molecule has 2 N–H and O–H groups in total. The van der Waals surface area contributed by atoms with Crippen molar-refractivity contribution in [2.75, 3.05) is 57.6 Å². The summed E-state index contributed by atoms with van der Waals surface area (Å²) in [4.78, 5) is 47.0. The molecule has 3 atom stereocenters. The van der Waals surface area contributed by atoms with Crippen molar-refractivity contribution in [3.8, 4) is 6.07 Å². The third-order valence-corrected chi connectivity index (χ3v) is 8.15. The van der Waals surface area contributed by atoms with Crippen LogP contribution in [-0.2, 0) is 26.1 Å². The van der Waals surface area contributed by atoms with Crippen molar-refractivity contribution in [1.29, 1.82) is 5.26 Å². The predicted molar refractivity (Wildman–Crippen MR) is 183 cm³/mol. The third-order valence-electron chi connectivity index (χ3n) is 8.15. The maximum atomic E-state index is 13.9. The van der Waals surface area contributed by atoms with E-state index in [0.29, 0.717) is 48.6 Å². The van der Waals surface area contributed by atoms with E-state index in [-0.39, 0.29) is 61.1 Å². The normalized spacial score (nSPS) is 17.4. The second-order valence-electron chi connectivity index (χ2n) is 13.1. The topological polar surface area (TPSA) is 151 Å². The number of aromatic nitrogens is 2. The number of aryl methyl sites for hydroxylation is 1. The molecular weight excluding hydrogens is 633 g/mol. The van der Waals surface area contributed by atoms with E-state index in [1.165, 1.54) is 16.7 Å². The lowest BCUT2D eigenvalue weighted by molar-refractivity contribution is -0.128. The number of carbonyl (C=O) groups excluding carboxylic acids is 2. The molecule has 49 heavy (non-hydrogen) atoms. The number of hydrogen-bond acceptors (Lipinski definition) is 10. The van der Waals surface area contributed by atoms with Gasteiger partial charge in [0.2, 0.25) is 5.91 Å². The molecule has 264 valence electrons. The monoisotopic (exact) mass is 679 g/mol. The summed E-state index contributed by atoms with van der Waals surface area (Å²) in [7, 11) is 1.67. The van der Waals surface area contributed by atoms with Crippen LogP contribution in [0.5, 0.6) is 0 Å². The highest BCUT2D eigenvalue weighted by Crippen LogP contribution is 2.33. The lowest BCUT2D eigenvalue weighted by Gasteiger charge is -2.48.